The lowest BCUT2D eigenvalue weighted by atomic mass is 10.4. The van der Waals surface area contributed by atoms with E-state index in [2.05, 4.69) is 11.1 Å². The first-order valence-corrected chi connectivity index (χ1v) is 7.44. The number of hydrogen-bond donors (Lipinski definition) is 0. The first-order chi connectivity index (χ1) is 9.76. The van der Waals surface area contributed by atoms with E-state index in [1.165, 1.54) is 11.8 Å². The number of carbonyl (C=O) groups excluding carboxylic acids is 1. The Balaban J connectivity index is 1.97. The fourth-order valence-electron chi connectivity index (χ4n) is 1.89. The van der Waals surface area contributed by atoms with E-state index >= 15 is 0 Å². The summed E-state index contributed by atoms with van der Waals surface area (Å²) in [6, 6.07) is 7.93. The Kier molecular flexibility index (Phi) is 5.02. The Bertz CT molecular complexity index is 631. The molecule has 0 aliphatic heterocycles. The van der Waals surface area contributed by atoms with Gasteiger partial charge in [0.1, 0.15) is 0 Å². The number of pyridine rings is 1. The molecule has 20 heavy (non-hydrogen) atoms. The first-order valence-electron chi connectivity index (χ1n) is 6.46. The number of fused-ring (bicyclic) bond motifs is 1. The van der Waals surface area contributed by atoms with Crippen molar-refractivity contribution in [3.63, 3.8) is 0 Å². The highest BCUT2D eigenvalue weighted by molar-refractivity contribution is 7.99. The van der Waals surface area contributed by atoms with Gasteiger partial charge in [0.25, 0.3) is 0 Å². The lowest BCUT2D eigenvalue weighted by Crippen LogP contribution is -2.33. The van der Waals surface area contributed by atoms with Crippen LogP contribution in [0.5, 0.6) is 0 Å². The van der Waals surface area contributed by atoms with Gasteiger partial charge in [-0.25, -0.2) is 4.98 Å². The van der Waals surface area contributed by atoms with E-state index in [0.29, 0.717) is 25.3 Å². The van der Waals surface area contributed by atoms with Gasteiger partial charge in [-0.15, -0.1) is 0 Å². The molecule has 2 heterocycles. The van der Waals surface area contributed by atoms with Gasteiger partial charge in [0.2, 0.25) is 5.91 Å². The van der Waals surface area contributed by atoms with Gasteiger partial charge in [0.05, 0.1) is 30.0 Å². The van der Waals surface area contributed by atoms with E-state index in [1.807, 2.05) is 35.7 Å². The van der Waals surface area contributed by atoms with Gasteiger partial charge >= 0.3 is 0 Å². The summed E-state index contributed by atoms with van der Waals surface area (Å²) in [6.07, 6.45) is 4.10. The number of thioether (sulfide) groups is 1. The fraction of sp³-hybridized carbons (Fsp3) is 0.357. The molecule has 6 heteroatoms. The van der Waals surface area contributed by atoms with Gasteiger partial charge < -0.3 is 4.90 Å². The molecule has 0 unspecified atom stereocenters. The molecule has 0 fully saturated rings. The Hall–Kier alpha value is -2.00. The minimum absolute atomic E-state index is 0.0421. The van der Waals surface area contributed by atoms with Crippen LogP contribution in [0.3, 0.4) is 0 Å². The predicted molar refractivity (Wildman–Crippen MR) is 78.4 cm³/mol. The van der Waals surface area contributed by atoms with E-state index in [9.17, 15) is 4.79 Å². The van der Waals surface area contributed by atoms with E-state index in [-0.39, 0.29) is 5.91 Å². The third kappa shape index (κ3) is 3.31. The highest BCUT2D eigenvalue weighted by Crippen LogP contribution is 2.18. The van der Waals surface area contributed by atoms with Crippen molar-refractivity contribution in [2.75, 3.05) is 18.8 Å². The van der Waals surface area contributed by atoms with Gasteiger partial charge in [-0.3, -0.25) is 9.20 Å². The average Bonchev–Trinajstić information content (AvgIpc) is 2.89. The molecular weight excluding hydrogens is 272 g/mol. The highest BCUT2D eigenvalue weighted by atomic mass is 32.2. The number of amides is 1. The minimum atomic E-state index is 0.0421. The second-order valence-corrected chi connectivity index (χ2v) is 5.15. The topological polar surface area (TPSA) is 61.4 Å². The summed E-state index contributed by atoms with van der Waals surface area (Å²) < 4.78 is 1.96. The van der Waals surface area contributed by atoms with Crippen molar-refractivity contribution >= 4 is 23.2 Å². The summed E-state index contributed by atoms with van der Waals surface area (Å²) in [7, 11) is 0. The Morgan fingerprint density at radius 3 is 3.15 bits per heavy atom. The molecule has 0 saturated heterocycles. The summed E-state index contributed by atoms with van der Waals surface area (Å²) in [4.78, 5) is 18.1. The fourth-order valence-corrected chi connectivity index (χ4v) is 2.76. The number of nitriles is 1. The number of imidazole rings is 1. The molecule has 5 nitrogen and oxygen atoms in total. The van der Waals surface area contributed by atoms with E-state index in [4.69, 9.17) is 5.26 Å². The Morgan fingerprint density at radius 1 is 1.55 bits per heavy atom. The summed E-state index contributed by atoms with van der Waals surface area (Å²) in [5, 5.41) is 9.39. The Morgan fingerprint density at radius 2 is 2.40 bits per heavy atom. The van der Waals surface area contributed by atoms with Gasteiger partial charge in [-0.05, 0) is 19.1 Å². The number of carbonyl (C=O) groups is 1. The van der Waals surface area contributed by atoms with Crippen molar-refractivity contribution in [1.29, 1.82) is 5.26 Å². The van der Waals surface area contributed by atoms with Crippen LogP contribution in [0.25, 0.3) is 5.52 Å². The van der Waals surface area contributed by atoms with Crippen molar-refractivity contribution < 1.29 is 4.79 Å². The van der Waals surface area contributed by atoms with E-state index in [0.717, 1.165) is 10.7 Å². The van der Waals surface area contributed by atoms with Gasteiger partial charge in [-0.2, -0.15) is 5.26 Å². The molecule has 2 aromatic rings. The molecule has 0 N–H and O–H groups in total. The zero-order chi connectivity index (χ0) is 14.4. The molecule has 0 bridgehead atoms. The SMILES string of the molecule is CCN(CCC#N)C(=O)CSc1ncc2ccccn12. The monoisotopic (exact) mass is 288 g/mol. The van der Waals surface area contributed by atoms with Crippen LogP contribution in [0.2, 0.25) is 0 Å². The zero-order valence-electron chi connectivity index (χ0n) is 11.3. The second-order valence-electron chi connectivity index (χ2n) is 4.21. The molecule has 104 valence electrons. The molecule has 0 aliphatic carbocycles. The van der Waals surface area contributed by atoms with Crippen LogP contribution < -0.4 is 0 Å². The summed E-state index contributed by atoms with van der Waals surface area (Å²) >= 11 is 1.42. The van der Waals surface area contributed by atoms with E-state index in [1.54, 1.807) is 11.1 Å². The van der Waals surface area contributed by atoms with Crippen LogP contribution in [-0.2, 0) is 4.79 Å². The number of rotatable bonds is 6. The summed E-state index contributed by atoms with van der Waals surface area (Å²) in [5.41, 5.74) is 1.01. The number of nitrogens with zero attached hydrogens (tertiary/aromatic N) is 4. The molecule has 0 saturated carbocycles. The number of aromatic nitrogens is 2. The van der Waals surface area contributed by atoms with Crippen molar-refractivity contribution in [3.8, 4) is 6.07 Å². The molecule has 1 amide bonds. The minimum Gasteiger partial charge on any atom is -0.341 e. The van der Waals surface area contributed by atoms with E-state index < -0.39 is 0 Å². The molecular formula is C14H16N4OS. The molecule has 2 rings (SSSR count). The Labute approximate surface area is 122 Å². The third-order valence-corrected chi connectivity index (χ3v) is 3.91. The smallest absolute Gasteiger partial charge is 0.233 e. The van der Waals surface area contributed by atoms with Crippen molar-refractivity contribution in [2.45, 2.75) is 18.5 Å². The van der Waals surface area contributed by atoms with Gasteiger partial charge in [0, 0.05) is 19.3 Å². The number of hydrogen-bond acceptors (Lipinski definition) is 4. The lowest BCUT2D eigenvalue weighted by Gasteiger charge is -2.18. The maximum absolute atomic E-state index is 12.1. The molecule has 0 aliphatic rings. The first kappa shape index (κ1) is 14.4. The van der Waals surface area contributed by atoms with Crippen LogP contribution in [0.4, 0.5) is 0 Å². The standard InChI is InChI=1S/C14H16N4OS/c1-2-17(8-5-7-15)13(19)11-20-14-16-10-12-6-3-4-9-18(12)14/h3-4,6,9-10H,2,5,8,11H2,1H3. The second kappa shape index (κ2) is 6.96. The highest BCUT2D eigenvalue weighted by Gasteiger charge is 2.13. The van der Waals surface area contributed by atoms with Crippen LogP contribution in [0.1, 0.15) is 13.3 Å². The van der Waals surface area contributed by atoms with Crippen LogP contribution in [0.15, 0.2) is 35.7 Å². The lowest BCUT2D eigenvalue weighted by molar-refractivity contribution is -0.128. The maximum Gasteiger partial charge on any atom is 0.233 e. The van der Waals surface area contributed by atoms with Crippen LogP contribution >= 0.6 is 11.8 Å². The molecule has 0 radical (unpaired) electrons. The third-order valence-electron chi connectivity index (χ3n) is 2.96. The van der Waals surface area contributed by atoms with Gasteiger partial charge in [0.15, 0.2) is 5.16 Å². The zero-order valence-corrected chi connectivity index (χ0v) is 12.1. The largest absolute Gasteiger partial charge is 0.341 e. The predicted octanol–water partition coefficient (Wildman–Crippen LogP) is 2.19. The maximum atomic E-state index is 12.1. The quantitative estimate of drug-likeness (QED) is 0.764. The average molecular weight is 288 g/mol. The molecule has 0 aromatic carbocycles. The molecule has 0 atom stereocenters. The van der Waals surface area contributed by atoms with Crippen molar-refractivity contribution in [2.24, 2.45) is 0 Å². The van der Waals surface area contributed by atoms with Crippen LogP contribution in [-0.4, -0.2) is 39.0 Å². The summed E-state index contributed by atoms with van der Waals surface area (Å²) in [5.74, 6) is 0.383. The molecule has 2 aromatic heterocycles. The van der Waals surface area contributed by atoms with Gasteiger partial charge in [-0.1, -0.05) is 17.8 Å². The van der Waals surface area contributed by atoms with Crippen molar-refractivity contribution in [1.82, 2.24) is 14.3 Å². The molecule has 0 spiro atoms. The van der Waals surface area contributed by atoms with Crippen LogP contribution in [0, 0.1) is 11.3 Å². The normalized spacial score (nSPS) is 10.4. The summed E-state index contributed by atoms with van der Waals surface area (Å²) in [6.45, 7) is 3.04. The van der Waals surface area contributed by atoms with Crippen molar-refractivity contribution in [3.05, 3.63) is 30.6 Å².